The molecule has 168 valence electrons. The van der Waals surface area contributed by atoms with E-state index in [0.717, 1.165) is 20.8 Å². The first kappa shape index (κ1) is 21.8. The zero-order valence-electron chi connectivity index (χ0n) is 17.8. The third kappa shape index (κ3) is 4.55. The van der Waals surface area contributed by atoms with Crippen LogP contribution in [0.3, 0.4) is 0 Å². The lowest BCUT2D eigenvalue weighted by molar-refractivity contribution is -0.120. The molecule has 0 spiro atoms. The van der Waals surface area contributed by atoms with Crippen LogP contribution in [0, 0.1) is 5.92 Å². The highest BCUT2D eigenvalue weighted by Gasteiger charge is 2.33. The van der Waals surface area contributed by atoms with Crippen molar-refractivity contribution in [3.05, 3.63) is 78.9 Å². The second-order valence-corrected chi connectivity index (χ2v) is 11.0. The van der Waals surface area contributed by atoms with Crippen molar-refractivity contribution in [2.24, 2.45) is 5.92 Å². The van der Waals surface area contributed by atoms with E-state index >= 15 is 0 Å². The number of nitrogens with one attached hydrogen (secondary N) is 1. The van der Waals surface area contributed by atoms with E-state index in [0.29, 0.717) is 25.1 Å². The largest absolute Gasteiger partial charge is 0.326 e. The molecule has 33 heavy (non-hydrogen) atoms. The van der Waals surface area contributed by atoms with E-state index in [1.165, 1.54) is 4.31 Å². The van der Waals surface area contributed by atoms with Crippen molar-refractivity contribution in [1.82, 2.24) is 9.29 Å². The molecule has 0 radical (unpaired) electrons. The predicted molar refractivity (Wildman–Crippen MR) is 132 cm³/mol. The van der Waals surface area contributed by atoms with Crippen LogP contribution in [0.15, 0.2) is 83.8 Å². The first-order chi connectivity index (χ1) is 16.0. The summed E-state index contributed by atoms with van der Waals surface area (Å²) in [6.45, 7) is 0.616. The Morgan fingerprint density at radius 3 is 2.45 bits per heavy atom. The Hall–Kier alpha value is -3.07. The van der Waals surface area contributed by atoms with Crippen LogP contribution in [0.4, 0.5) is 5.69 Å². The summed E-state index contributed by atoms with van der Waals surface area (Å²) in [5, 5.41) is 3.88. The number of hydrogen-bond acceptors (Lipinski definition) is 5. The number of nitrogens with zero attached hydrogens (tertiary/aromatic N) is 2. The maximum atomic E-state index is 12.9. The highest BCUT2D eigenvalue weighted by molar-refractivity contribution is 7.89. The highest BCUT2D eigenvalue weighted by atomic mass is 32.2. The predicted octanol–water partition coefficient (Wildman–Crippen LogP) is 5.00. The van der Waals surface area contributed by atoms with Crippen LogP contribution in [-0.4, -0.2) is 36.7 Å². The van der Waals surface area contributed by atoms with E-state index in [-0.39, 0.29) is 23.3 Å². The fourth-order valence-electron chi connectivity index (χ4n) is 4.05. The summed E-state index contributed by atoms with van der Waals surface area (Å²) in [4.78, 5) is 17.8. The number of amides is 1. The van der Waals surface area contributed by atoms with Gasteiger partial charge in [-0.05, 0) is 61.4 Å². The molecule has 1 N–H and O–H groups in total. The lowest BCUT2D eigenvalue weighted by atomic mass is 9.98. The Bertz CT molecular complexity index is 1350. The number of benzene rings is 3. The van der Waals surface area contributed by atoms with Crippen molar-refractivity contribution in [2.45, 2.75) is 17.7 Å². The van der Waals surface area contributed by atoms with E-state index in [2.05, 4.69) is 16.4 Å². The number of anilines is 1. The Morgan fingerprint density at radius 2 is 1.70 bits per heavy atom. The maximum Gasteiger partial charge on any atom is 0.243 e. The Kier molecular flexibility index (Phi) is 5.97. The van der Waals surface area contributed by atoms with Crippen molar-refractivity contribution in [3.8, 4) is 10.6 Å². The summed E-state index contributed by atoms with van der Waals surface area (Å²) < 4.78 is 28.4. The van der Waals surface area contributed by atoms with Crippen LogP contribution in [0.25, 0.3) is 20.8 Å². The molecule has 1 atom stereocenters. The lowest BCUT2D eigenvalue weighted by Gasteiger charge is -2.31. The van der Waals surface area contributed by atoms with E-state index in [9.17, 15) is 13.2 Å². The number of sulfonamides is 1. The van der Waals surface area contributed by atoms with Gasteiger partial charge in [-0.15, -0.1) is 11.3 Å². The monoisotopic (exact) mass is 477 g/mol. The summed E-state index contributed by atoms with van der Waals surface area (Å²) in [6.07, 6.45) is 1.32. The molecule has 1 saturated heterocycles. The van der Waals surface area contributed by atoms with Crippen molar-refractivity contribution in [3.63, 3.8) is 0 Å². The van der Waals surface area contributed by atoms with E-state index < -0.39 is 10.0 Å². The molecule has 5 rings (SSSR count). The number of aromatic nitrogens is 1. The van der Waals surface area contributed by atoms with Crippen LogP contribution < -0.4 is 5.32 Å². The fourth-order valence-corrected chi connectivity index (χ4v) is 6.57. The van der Waals surface area contributed by atoms with E-state index in [4.69, 9.17) is 0 Å². The number of thiazole rings is 1. The Morgan fingerprint density at radius 1 is 0.970 bits per heavy atom. The molecule has 8 heteroatoms. The molecule has 0 bridgehead atoms. The minimum Gasteiger partial charge on any atom is -0.326 e. The van der Waals surface area contributed by atoms with Gasteiger partial charge in [0.1, 0.15) is 5.01 Å². The van der Waals surface area contributed by atoms with Crippen molar-refractivity contribution in [1.29, 1.82) is 0 Å². The highest BCUT2D eigenvalue weighted by Crippen LogP contribution is 2.31. The van der Waals surface area contributed by atoms with Gasteiger partial charge in [0.25, 0.3) is 0 Å². The van der Waals surface area contributed by atoms with Gasteiger partial charge in [-0.3, -0.25) is 4.79 Å². The number of carbonyl (C=O) groups excluding carboxylic acids is 1. The van der Waals surface area contributed by atoms with Crippen molar-refractivity contribution in [2.75, 3.05) is 18.4 Å². The summed E-state index contributed by atoms with van der Waals surface area (Å²) >= 11 is 1.63. The summed E-state index contributed by atoms with van der Waals surface area (Å²) in [6, 6.07) is 24.0. The van der Waals surface area contributed by atoms with Gasteiger partial charge in [-0.25, -0.2) is 13.4 Å². The fraction of sp³-hybridized carbons (Fsp3) is 0.200. The number of para-hydroxylation sites is 1. The second kappa shape index (κ2) is 9.05. The SMILES string of the molecule is O=C(Nc1ccc(-c2nc3ccccc3s2)cc1)C1CCCN(S(=O)(=O)c2ccccc2)C1. The van der Waals surface area contributed by atoms with Crippen LogP contribution in [0.2, 0.25) is 0 Å². The molecule has 1 aromatic heterocycles. The number of hydrogen-bond donors (Lipinski definition) is 1. The molecule has 2 heterocycles. The van der Waals surface area contributed by atoms with Crippen molar-refractivity contribution >= 4 is 43.2 Å². The third-order valence-corrected chi connectivity index (χ3v) is 8.79. The summed E-state index contributed by atoms with van der Waals surface area (Å²) in [5.41, 5.74) is 2.65. The smallest absolute Gasteiger partial charge is 0.243 e. The molecule has 1 unspecified atom stereocenters. The van der Waals surface area contributed by atoms with Gasteiger partial charge in [-0.2, -0.15) is 4.31 Å². The number of piperidine rings is 1. The van der Waals surface area contributed by atoms with Crippen molar-refractivity contribution < 1.29 is 13.2 Å². The molecule has 3 aromatic carbocycles. The van der Waals surface area contributed by atoms with Crippen LogP contribution in [0.1, 0.15) is 12.8 Å². The average molecular weight is 478 g/mol. The number of fused-ring (bicyclic) bond motifs is 1. The van der Waals surface area contributed by atoms with Crippen LogP contribution >= 0.6 is 11.3 Å². The minimum atomic E-state index is -3.60. The van der Waals surface area contributed by atoms with Gasteiger partial charge in [0.05, 0.1) is 21.0 Å². The molecular formula is C25H23N3O3S2. The van der Waals surface area contributed by atoms with Gasteiger partial charge < -0.3 is 5.32 Å². The topological polar surface area (TPSA) is 79.4 Å². The first-order valence-corrected chi connectivity index (χ1v) is 13.1. The van der Waals surface area contributed by atoms with Gasteiger partial charge in [0.15, 0.2) is 0 Å². The summed E-state index contributed by atoms with van der Waals surface area (Å²) in [7, 11) is -3.60. The van der Waals surface area contributed by atoms with Crippen LogP contribution in [-0.2, 0) is 14.8 Å². The zero-order chi connectivity index (χ0) is 22.8. The zero-order valence-corrected chi connectivity index (χ0v) is 19.5. The molecular weight excluding hydrogens is 454 g/mol. The molecule has 0 saturated carbocycles. The molecule has 4 aromatic rings. The van der Waals surface area contributed by atoms with E-state index in [1.807, 2.05) is 42.5 Å². The van der Waals surface area contributed by atoms with Gasteiger partial charge in [0, 0.05) is 24.3 Å². The molecule has 1 aliphatic rings. The molecule has 1 aliphatic heterocycles. The van der Waals surface area contributed by atoms with Crippen LogP contribution in [0.5, 0.6) is 0 Å². The Balaban J connectivity index is 1.26. The quantitative estimate of drug-likeness (QED) is 0.439. The van der Waals surface area contributed by atoms with Gasteiger partial charge in [0.2, 0.25) is 15.9 Å². The Labute approximate surface area is 197 Å². The summed E-state index contributed by atoms with van der Waals surface area (Å²) in [5.74, 6) is -0.545. The average Bonchev–Trinajstić information content (AvgIpc) is 3.29. The standard InChI is InChI=1S/C25H23N3O3S2/c29-24(19-7-6-16-28(17-19)33(30,31)21-8-2-1-3-9-21)26-20-14-12-18(13-15-20)25-27-22-10-4-5-11-23(22)32-25/h1-5,8-15,19H,6-7,16-17H2,(H,26,29). The molecule has 1 fully saturated rings. The van der Waals surface area contributed by atoms with Gasteiger partial charge >= 0.3 is 0 Å². The number of rotatable bonds is 5. The lowest BCUT2D eigenvalue weighted by Crippen LogP contribution is -2.43. The molecule has 1 amide bonds. The number of carbonyl (C=O) groups is 1. The first-order valence-electron chi connectivity index (χ1n) is 10.8. The van der Waals surface area contributed by atoms with Gasteiger partial charge in [-0.1, -0.05) is 30.3 Å². The minimum absolute atomic E-state index is 0.157. The van der Waals surface area contributed by atoms with E-state index in [1.54, 1.807) is 41.7 Å². The third-order valence-electron chi connectivity index (χ3n) is 5.83. The normalized spacial score (nSPS) is 17.2. The maximum absolute atomic E-state index is 12.9. The molecule has 6 nitrogen and oxygen atoms in total. The molecule has 0 aliphatic carbocycles. The second-order valence-electron chi connectivity index (χ2n) is 8.07.